The molecule has 0 saturated heterocycles. The summed E-state index contributed by atoms with van der Waals surface area (Å²) in [5, 5.41) is 0.503. The van der Waals surface area contributed by atoms with Crippen molar-refractivity contribution >= 4 is 23.1 Å². The van der Waals surface area contributed by atoms with Gasteiger partial charge in [0, 0.05) is 36.2 Å². The third-order valence-corrected chi connectivity index (χ3v) is 6.14. The van der Waals surface area contributed by atoms with Crippen LogP contribution in [0.2, 0.25) is 5.02 Å². The monoisotopic (exact) mass is 481 g/mol. The second-order valence-electron chi connectivity index (χ2n) is 8.31. The van der Waals surface area contributed by atoms with Gasteiger partial charge in [0.25, 0.3) is 5.91 Å². The number of carbonyl (C=O) groups excluding carboxylic acids is 1. The highest BCUT2D eigenvalue weighted by atomic mass is 35.5. The molecule has 9 heteroatoms. The largest absolute Gasteiger partial charge is 0.492 e. The van der Waals surface area contributed by atoms with E-state index in [1.165, 1.54) is 18.2 Å². The number of nitrogens with two attached hydrogens (primary N) is 1. The fourth-order valence-electron chi connectivity index (χ4n) is 3.84. The standard InChI is InChI=1S/C25H25ClFN5O2/c1-14-8-17(11-29-10-14)6-7-34-22-9-18(27)4-5-19(22)25(33)32-12-20(21(28)13-32)24-30-15(2)23(26)16(3)31-24/h4-5,8-11H,6-7,12-13,28H2,1-3H3. The molecule has 2 aromatic heterocycles. The summed E-state index contributed by atoms with van der Waals surface area (Å²) in [6, 6.07) is 5.91. The third-order valence-electron chi connectivity index (χ3n) is 5.59. The van der Waals surface area contributed by atoms with Gasteiger partial charge in [0.05, 0.1) is 41.7 Å². The lowest BCUT2D eigenvalue weighted by Crippen LogP contribution is -2.30. The molecular weight excluding hydrogens is 457 g/mol. The maximum atomic E-state index is 14.0. The van der Waals surface area contributed by atoms with E-state index in [0.717, 1.165) is 11.1 Å². The molecule has 0 aliphatic carbocycles. The van der Waals surface area contributed by atoms with Crippen molar-refractivity contribution in [3.8, 4) is 5.75 Å². The highest BCUT2D eigenvalue weighted by Gasteiger charge is 2.29. The van der Waals surface area contributed by atoms with Gasteiger partial charge in [-0.1, -0.05) is 17.7 Å². The summed E-state index contributed by atoms with van der Waals surface area (Å²) in [5.74, 6) is -0.154. The zero-order valence-electron chi connectivity index (χ0n) is 19.2. The third kappa shape index (κ3) is 5.02. The summed E-state index contributed by atoms with van der Waals surface area (Å²) in [6.07, 6.45) is 4.11. The number of pyridine rings is 1. The summed E-state index contributed by atoms with van der Waals surface area (Å²) in [7, 11) is 0. The normalized spacial score (nSPS) is 13.5. The van der Waals surface area contributed by atoms with Gasteiger partial charge in [-0.3, -0.25) is 9.78 Å². The Balaban J connectivity index is 1.50. The second kappa shape index (κ2) is 9.77. The molecule has 0 radical (unpaired) electrons. The lowest BCUT2D eigenvalue weighted by Gasteiger charge is -2.19. The Morgan fingerprint density at radius 1 is 1.15 bits per heavy atom. The number of aryl methyl sites for hydroxylation is 3. The zero-order valence-corrected chi connectivity index (χ0v) is 20.0. The van der Waals surface area contributed by atoms with E-state index >= 15 is 0 Å². The lowest BCUT2D eigenvalue weighted by molar-refractivity contribution is 0.0794. The first-order valence-electron chi connectivity index (χ1n) is 10.8. The van der Waals surface area contributed by atoms with Crippen molar-refractivity contribution < 1.29 is 13.9 Å². The van der Waals surface area contributed by atoms with Crippen molar-refractivity contribution in [2.24, 2.45) is 5.73 Å². The van der Waals surface area contributed by atoms with Crippen molar-refractivity contribution in [3.05, 3.63) is 87.1 Å². The Morgan fingerprint density at radius 2 is 1.88 bits per heavy atom. The maximum Gasteiger partial charge on any atom is 0.258 e. The summed E-state index contributed by atoms with van der Waals surface area (Å²) in [6.45, 7) is 6.27. The first-order valence-corrected chi connectivity index (χ1v) is 11.2. The van der Waals surface area contributed by atoms with Crippen LogP contribution in [0.5, 0.6) is 5.75 Å². The van der Waals surface area contributed by atoms with E-state index in [2.05, 4.69) is 15.0 Å². The molecule has 0 saturated carbocycles. The maximum absolute atomic E-state index is 14.0. The van der Waals surface area contributed by atoms with Crippen LogP contribution < -0.4 is 10.5 Å². The topological polar surface area (TPSA) is 94.2 Å². The number of halogens is 2. The molecule has 0 spiro atoms. The van der Waals surface area contributed by atoms with Gasteiger partial charge in [0.2, 0.25) is 0 Å². The van der Waals surface area contributed by atoms with Crippen LogP contribution in [-0.4, -0.2) is 45.5 Å². The van der Waals surface area contributed by atoms with Gasteiger partial charge < -0.3 is 15.4 Å². The van der Waals surface area contributed by atoms with Crippen LogP contribution in [0.15, 0.2) is 42.4 Å². The molecule has 176 valence electrons. The highest BCUT2D eigenvalue weighted by Crippen LogP contribution is 2.28. The molecule has 0 fully saturated rings. The smallest absolute Gasteiger partial charge is 0.258 e. The number of aromatic nitrogens is 3. The molecule has 34 heavy (non-hydrogen) atoms. The minimum atomic E-state index is -0.482. The first-order chi connectivity index (χ1) is 16.2. The summed E-state index contributed by atoms with van der Waals surface area (Å²) in [4.78, 5) is 27.9. The molecule has 1 aliphatic rings. The molecule has 0 unspecified atom stereocenters. The molecule has 3 heterocycles. The van der Waals surface area contributed by atoms with Gasteiger partial charge in [-0.15, -0.1) is 0 Å². The summed E-state index contributed by atoms with van der Waals surface area (Å²) < 4.78 is 19.8. The number of carbonyl (C=O) groups is 1. The van der Waals surface area contributed by atoms with Crippen LogP contribution in [0.25, 0.3) is 5.57 Å². The SMILES string of the molecule is Cc1cncc(CCOc2cc(F)ccc2C(=O)N2CC(N)=C(c3nc(C)c(Cl)c(C)n3)C2)c1. The number of benzene rings is 1. The fourth-order valence-corrected chi connectivity index (χ4v) is 3.93. The number of nitrogens with zero attached hydrogens (tertiary/aromatic N) is 4. The summed E-state index contributed by atoms with van der Waals surface area (Å²) in [5.41, 5.74) is 11.0. The number of ether oxygens (including phenoxy) is 1. The molecule has 0 bridgehead atoms. The van der Waals surface area contributed by atoms with E-state index in [1.54, 1.807) is 31.1 Å². The molecule has 7 nitrogen and oxygen atoms in total. The van der Waals surface area contributed by atoms with Crippen molar-refractivity contribution in [1.82, 2.24) is 19.9 Å². The molecule has 1 aromatic carbocycles. The van der Waals surface area contributed by atoms with Crippen molar-refractivity contribution in [3.63, 3.8) is 0 Å². The van der Waals surface area contributed by atoms with Crippen molar-refractivity contribution in [2.45, 2.75) is 27.2 Å². The van der Waals surface area contributed by atoms with E-state index < -0.39 is 5.82 Å². The average Bonchev–Trinajstić information content (AvgIpc) is 3.18. The Labute approximate surface area is 202 Å². The van der Waals surface area contributed by atoms with Gasteiger partial charge in [-0.25, -0.2) is 14.4 Å². The van der Waals surface area contributed by atoms with E-state index in [0.29, 0.717) is 39.9 Å². The van der Waals surface area contributed by atoms with E-state index in [1.807, 2.05) is 13.0 Å². The van der Waals surface area contributed by atoms with Gasteiger partial charge in [-0.05, 0) is 44.0 Å². The van der Waals surface area contributed by atoms with Gasteiger partial charge in [-0.2, -0.15) is 0 Å². The predicted octanol–water partition coefficient (Wildman–Crippen LogP) is 4.04. The van der Waals surface area contributed by atoms with Crippen LogP contribution in [-0.2, 0) is 6.42 Å². The Kier molecular flexibility index (Phi) is 6.79. The predicted molar refractivity (Wildman–Crippen MR) is 128 cm³/mol. The van der Waals surface area contributed by atoms with Gasteiger partial charge in [0.15, 0.2) is 5.82 Å². The lowest BCUT2D eigenvalue weighted by atomic mass is 10.1. The summed E-state index contributed by atoms with van der Waals surface area (Å²) >= 11 is 6.19. The highest BCUT2D eigenvalue weighted by molar-refractivity contribution is 6.31. The van der Waals surface area contributed by atoms with Crippen molar-refractivity contribution in [2.75, 3.05) is 19.7 Å². The molecule has 1 amide bonds. The first kappa shape index (κ1) is 23.6. The van der Waals surface area contributed by atoms with E-state index in [-0.39, 0.29) is 36.9 Å². The van der Waals surface area contributed by atoms with Crippen molar-refractivity contribution in [1.29, 1.82) is 0 Å². The molecule has 3 aromatic rings. The minimum Gasteiger partial charge on any atom is -0.492 e. The zero-order chi connectivity index (χ0) is 24.4. The molecule has 2 N–H and O–H groups in total. The van der Waals surface area contributed by atoms with Crippen LogP contribution >= 0.6 is 11.6 Å². The number of rotatable bonds is 6. The second-order valence-corrected chi connectivity index (χ2v) is 8.68. The number of hydrogen-bond donors (Lipinski definition) is 1. The van der Waals surface area contributed by atoms with E-state index in [9.17, 15) is 9.18 Å². The van der Waals surface area contributed by atoms with Crippen LogP contribution in [0.3, 0.4) is 0 Å². The fraction of sp³-hybridized carbons (Fsp3) is 0.280. The quantitative estimate of drug-likeness (QED) is 0.571. The van der Waals surface area contributed by atoms with Crippen LogP contribution in [0, 0.1) is 26.6 Å². The average molecular weight is 482 g/mol. The Bertz CT molecular complexity index is 1270. The molecule has 1 aliphatic heterocycles. The number of hydrogen-bond acceptors (Lipinski definition) is 6. The van der Waals surface area contributed by atoms with Gasteiger partial charge in [0.1, 0.15) is 11.6 Å². The van der Waals surface area contributed by atoms with Gasteiger partial charge >= 0.3 is 0 Å². The molecular formula is C25H25ClFN5O2. The molecule has 4 rings (SSSR count). The number of amides is 1. The van der Waals surface area contributed by atoms with Crippen LogP contribution in [0.1, 0.15) is 38.7 Å². The Morgan fingerprint density at radius 3 is 2.59 bits per heavy atom. The molecule has 0 atom stereocenters. The Hall–Kier alpha value is -3.52. The van der Waals surface area contributed by atoms with Crippen LogP contribution in [0.4, 0.5) is 4.39 Å². The minimum absolute atomic E-state index is 0.187. The van der Waals surface area contributed by atoms with E-state index in [4.69, 9.17) is 22.1 Å².